The molecule has 0 heterocycles. The minimum Gasteiger partial charge on any atom is -0.497 e. The van der Waals surface area contributed by atoms with Crippen LogP contribution in [0.25, 0.3) is 0 Å². The summed E-state index contributed by atoms with van der Waals surface area (Å²) in [6.07, 6.45) is 1.06. The average molecular weight is 252 g/mol. The van der Waals surface area contributed by atoms with Crippen LogP contribution in [0.2, 0.25) is 0 Å². The molecule has 1 rings (SSSR count). The van der Waals surface area contributed by atoms with Crippen molar-refractivity contribution in [2.45, 2.75) is 32.4 Å². The lowest BCUT2D eigenvalue weighted by Gasteiger charge is -2.23. The van der Waals surface area contributed by atoms with E-state index in [-0.39, 0.29) is 6.04 Å². The highest BCUT2D eigenvalue weighted by Gasteiger charge is 2.17. The van der Waals surface area contributed by atoms with Crippen LogP contribution in [0.3, 0.4) is 0 Å². The van der Waals surface area contributed by atoms with Crippen LogP contribution < -0.4 is 20.5 Å². The third-order valence-electron chi connectivity index (χ3n) is 3.15. The third kappa shape index (κ3) is 3.62. The van der Waals surface area contributed by atoms with Crippen molar-refractivity contribution in [2.24, 2.45) is 5.73 Å². The van der Waals surface area contributed by atoms with Crippen molar-refractivity contribution >= 4 is 0 Å². The summed E-state index contributed by atoms with van der Waals surface area (Å²) in [4.78, 5) is 0. The average Bonchev–Trinajstić information content (AvgIpc) is 2.43. The Hall–Kier alpha value is -1.26. The summed E-state index contributed by atoms with van der Waals surface area (Å²) >= 11 is 0. The summed E-state index contributed by atoms with van der Waals surface area (Å²) in [6, 6.07) is 6.26. The summed E-state index contributed by atoms with van der Waals surface area (Å²) in [7, 11) is 3.33. The van der Waals surface area contributed by atoms with Crippen molar-refractivity contribution in [3.63, 3.8) is 0 Å². The molecule has 0 aliphatic heterocycles. The molecule has 0 aliphatic rings. The van der Waals surface area contributed by atoms with Gasteiger partial charge in [0, 0.05) is 24.2 Å². The molecule has 0 radical (unpaired) electrons. The fourth-order valence-electron chi connectivity index (χ4n) is 1.86. The second kappa shape index (κ2) is 7.24. The first-order valence-corrected chi connectivity index (χ1v) is 6.34. The van der Waals surface area contributed by atoms with Crippen molar-refractivity contribution in [2.75, 3.05) is 20.8 Å². The van der Waals surface area contributed by atoms with E-state index in [1.807, 2.05) is 18.2 Å². The van der Waals surface area contributed by atoms with E-state index in [2.05, 4.69) is 19.2 Å². The number of hydrogen-bond donors (Lipinski definition) is 2. The largest absolute Gasteiger partial charge is 0.497 e. The first-order valence-electron chi connectivity index (χ1n) is 6.34. The highest BCUT2D eigenvalue weighted by molar-refractivity contribution is 5.42. The predicted molar refractivity (Wildman–Crippen MR) is 74.2 cm³/mol. The highest BCUT2D eigenvalue weighted by atomic mass is 16.5. The van der Waals surface area contributed by atoms with Gasteiger partial charge >= 0.3 is 0 Å². The summed E-state index contributed by atoms with van der Waals surface area (Å²) < 4.78 is 10.6. The highest BCUT2D eigenvalue weighted by Crippen LogP contribution is 2.29. The molecule has 0 fully saturated rings. The van der Waals surface area contributed by atoms with Gasteiger partial charge in [0.1, 0.15) is 11.5 Å². The minimum atomic E-state index is 0.0741. The normalized spacial score (nSPS) is 14.1. The van der Waals surface area contributed by atoms with Crippen molar-refractivity contribution in [3.8, 4) is 11.5 Å². The van der Waals surface area contributed by atoms with Crippen LogP contribution >= 0.6 is 0 Å². The lowest BCUT2D eigenvalue weighted by Crippen LogP contribution is -2.34. The molecule has 0 saturated heterocycles. The molecular formula is C14H24N2O2. The molecule has 3 N–H and O–H groups in total. The molecule has 0 aromatic heterocycles. The topological polar surface area (TPSA) is 56.5 Å². The molecule has 18 heavy (non-hydrogen) atoms. The molecule has 0 spiro atoms. The fourth-order valence-corrected chi connectivity index (χ4v) is 1.86. The van der Waals surface area contributed by atoms with Crippen molar-refractivity contribution in [1.82, 2.24) is 5.32 Å². The number of methoxy groups -OCH3 is 2. The number of rotatable bonds is 7. The Bertz CT molecular complexity index is 369. The zero-order valence-electron chi connectivity index (χ0n) is 11.7. The Balaban J connectivity index is 3.01. The molecule has 0 aliphatic carbocycles. The van der Waals surface area contributed by atoms with E-state index >= 15 is 0 Å². The Morgan fingerprint density at radius 2 is 2.00 bits per heavy atom. The number of benzene rings is 1. The van der Waals surface area contributed by atoms with Gasteiger partial charge in [0.2, 0.25) is 0 Å². The summed E-state index contributed by atoms with van der Waals surface area (Å²) in [6.45, 7) is 4.82. The Labute approximate surface area is 109 Å². The van der Waals surface area contributed by atoms with Crippen LogP contribution in [0.1, 0.15) is 31.9 Å². The van der Waals surface area contributed by atoms with Gasteiger partial charge in [0.25, 0.3) is 0 Å². The zero-order chi connectivity index (χ0) is 13.5. The lowest BCUT2D eigenvalue weighted by molar-refractivity contribution is 0.382. The predicted octanol–water partition coefficient (Wildman–Crippen LogP) is 2.09. The first-order chi connectivity index (χ1) is 8.65. The van der Waals surface area contributed by atoms with Gasteiger partial charge in [-0.25, -0.2) is 0 Å². The molecule has 1 aromatic rings. The monoisotopic (exact) mass is 252 g/mol. The molecule has 1 aromatic carbocycles. The molecule has 0 saturated carbocycles. The van der Waals surface area contributed by atoms with Gasteiger partial charge in [-0.05, 0) is 31.5 Å². The number of nitrogens with two attached hydrogens (primary N) is 1. The van der Waals surface area contributed by atoms with Gasteiger partial charge in [-0.1, -0.05) is 6.92 Å². The Morgan fingerprint density at radius 3 is 2.50 bits per heavy atom. The van der Waals surface area contributed by atoms with Crippen LogP contribution in [0.15, 0.2) is 18.2 Å². The van der Waals surface area contributed by atoms with Crippen LogP contribution in [0, 0.1) is 0 Å². The maximum atomic E-state index is 5.86. The van der Waals surface area contributed by atoms with Crippen LogP contribution in [0.4, 0.5) is 0 Å². The SMILES string of the molecule is CCC(C)NC(CN)c1cc(OC)ccc1OC. The lowest BCUT2D eigenvalue weighted by atomic mass is 10.0. The van der Waals surface area contributed by atoms with E-state index in [0.29, 0.717) is 12.6 Å². The summed E-state index contributed by atoms with van der Waals surface area (Å²) in [5.74, 6) is 1.65. The smallest absolute Gasteiger partial charge is 0.123 e. The second-order valence-electron chi connectivity index (χ2n) is 4.37. The molecule has 2 unspecified atom stereocenters. The quantitative estimate of drug-likeness (QED) is 0.780. The van der Waals surface area contributed by atoms with Crippen LogP contribution in [0.5, 0.6) is 11.5 Å². The maximum Gasteiger partial charge on any atom is 0.123 e. The van der Waals surface area contributed by atoms with Gasteiger partial charge < -0.3 is 20.5 Å². The number of hydrogen-bond acceptors (Lipinski definition) is 4. The van der Waals surface area contributed by atoms with Gasteiger partial charge in [-0.15, -0.1) is 0 Å². The van der Waals surface area contributed by atoms with E-state index in [9.17, 15) is 0 Å². The van der Waals surface area contributed by atoms with Crippen molar-refractivity contribution in [3.05, 3.63) is 23.8 Å². The molecule has 2 atom stereocenters. The molecule has 4 heteroatoms. The van der Waals surface area contributed by atoms with E-state index in [1.54, 1.807) is 14.2 Å². The Kier molecular flexibility index (Phi) is 5.95. The molecule has 0 bridgehead atoms. The van der Waals surface area contributed by atoms with E-state index in [1.165, 1.54) is 0 Å². The molecule has 102 valence electrons. The second-order valence-corrected chi connectivity index (χ2v) is 4.37. The van der Waals surface area contributed by atoms with Gasteiger partial charge in [0.05, 0.1) is 14.2 Å². The molecular weight excluding hydrogens is 228 g/mol. The fraction of sp³-hybridized carbons (Fsp3) is 0.571. The van der Waals surface area contributed by atoms with Crippen molar-refractivity contribution < 1.29 is 9.47 Å². The first kappa shape index (κ1) is 14.8. The maximum absolute atomic E-state index is 5.86. The van der Waals surface area contributed by atoms with Gasteiger partial charge in [0.15, 0.2) is 0 Å². The zero-order valence-corrected chi connectivity index (χ0v) is 11.7. The van der Waals surface area contributed by atoms with E-state index in [0.717, 1.165) is 23.5 Å². The summed E-state index contributed by atoms with van der Waals surface area (Å²) in [5.41, 5.74) is 6.91. The summed E-state index contributed by atoms with van der Waals surface area (Å²) in [5, 5.41) is 3.50. The third-order valence-corrected chi connectivity index (χ3v) is 3.15. The minimum absolute atomic E-state index is 0.0741. The number of nitrogens with one attached hydrogen (secondary N) is 1. The number of ether oxygens (including phenoxy) is 2. The van der Waals surface area contributed by atoms with Gasteiger partial charge in [-0.2, -0.15) is 0 Å². The van der Waals surface area contributed by atoms with E-state index < -0.39 is 0 Å². The van der Waals surface area contributed by atoms with Crippen LogP contribution in [-0.4, -0.2) is 26.8 Å². The van der Waals surface area contributed by atoms with Gasteiger partial charge in [-0.3, -0.25) is 0 Å². The van der Waals surface area contributed by atoms with Crippen molar-refractivity contribution in [1.29, 1.82) is 0 Å². The van der Waals surface area contributed by atoms with E-state index in [4.69, 9.17) is 15.2 Å². The van der Waals surface area contributed by atoms with Crippen LogP contribution in [-0.2, 0) is 0 Å². The Morgan fingerprint density at radius 1 is 1.28 bits per heavy atom. The standard InChI is InChI=1S/C14H24N2O2/c1-5-10(2)16-13(9-15)12-8-11(17-3)6-7-14(12)18-4/h6-8,10,13,16H,5,9,15H2,1-4H3. The molecule has 0 amide bonds. The molecule has 4 nitrogen and oxygen atoms in total.